The summed E-state index contributed by atoms with van der Waals surface area (Å²) in [6, 6.07) is 13.1. The van der Waals surface area contributed by atoms with Gasteiger partial charge in [-0.05, 0) is 54.9 Å². The van der Waals surface area contributed by atoms with Crippen LogP contribution in [0.1, 0.15) is 22.7 Å². The minimum Gasteiger partial charge on any atom is -0.329 e. The number of aryl methyl sites for hydroxylation is 1. The standard InChI is InChI=1S/C17H20BrFN2/c1-12-3-8-15(19)9-16(12)17(10-20)21(2)11-13-4-6-14(18)7-5-13/h3-9,17H,10-11,20H2,1-2H3. The lowest BCUT2D eigenvalue weighted by Gasteiger charge is -2.28. The van der Waals surface area contributed by atoms with Crippen LogP contribution in [0.3, 0.4) is 0 Å². The van der Waals surface area contributed by atoms with Crippen molar-refractivity contribution in [2.45, 2.75) is 19.5 Å². The Morgan fingerprint density at radius 2 is 1.86 bits per heavy atom. The number of hydrogen-bond acceptors (Lipinski definition) is 2. The number of likely N-dealkylation sites (N-methyl/N-ethyl adjacent to an activating group) is 1. The van der Waals surface area contributed by atoms with Crippen LogP contribution < -0.4 is 5.73 Å². The van der Waals surface area contributed by atoms with Gasteiger partial charge in [-0.3, -0.25) is 4.90 Å². The summed E-state index contributed by atoms with van der Waals surface area (Å²) in [5.41, 5.74) is 9.15. The molecule has 0 fully saturated rings. The average molecular weight is 351 g/mol. The zero-order valence-corrected chi connectivity index (χ0v) is 13.9. The Kier molecular flexibility index (Phi) is 5.51. The summed E-state index contributed by atoms with van der Waals surface area (Å²) in [5, 5.41) is 0. The second-order valence-electron chi connectivity index (χ2n) is 5.29. The summed E-state index contributed by atoms with van der Waals surface area (Å²) >= 11 is 3.43. The molecule has 0 radical (unpaired) electrons. The fraction of sp³-hybridized carbons (Fsp3) is 0.294. The summed E-state index contributed by atoms with van der Waals surface area (Å²) in [6.07, 6.45) is 0. The Morgan fingerprint density at radius 3 is 2.48 bits per heavy atom. The van der Waals surface area contributed by atoms with Gasteiger partial charge in [0.05, 0.1) is 0 Å². The number of halogens is 2. The van der Waals surface area contributed by atoms with Crippen molar-refractivity contribution < 1.29 is 4.39 Å². The Labute approximate surface area is 133 Å². The maximum atomic E-state index is 13.5. The molecular weight excluding hydrogens is 331 g/mol. The van der Waals surface area contributed by atoms with Crippen molar-refractivity contribution >= 4 is 15.9 Å². The lowest BCUT2D eigenvalue weighted by Crippen LogP contribution is -2.30. The third kappa shape index (κ3) is 4.13. The van der Waals surface area contributed by atoms with Crippen LogP contribution in [0.5, 0.6) is 0 Å². The van der Waals surface area contributed by atoms with Gasteiger partial charge in [0.15, 0.2) is 0 Å². The first-order valence-electron chi connectivity index (χ1n) is 6.92. The number of nitrogens with two attached hydrogens (primary N) is 1. The fourth-order valence-corrected chi connectivity index (χ4v) is 2.77. The van der Waals surface area contributed by atoms with Crippen LogP contribution in [0.25, 0.3) is 0 Å². The summed E-state index contributed by atoms with van der Waals surface area (Å²) in [4.78, 5) is 2.16. The Hall–Kier alpha value is -1.23. The van der Waals surface area contributed by atoms with E-state index in [9.17, 15) is 4.39 Å². The molecule has 1 unspecified atom stereocenters. The van der Waals surface area contributed by atoms with Gasteiger partial charge in [0.2, 0.25) is 0 Å². The highest BCUT2D eigenvalue weighted by atomic mass is 79.9. The molecule has 0 saturated carbocycles. The van der Waals surface area contributed by atoms with Crippen molar-refractivity contribution in [1.82, 2.24) is 4.90 Å². The Morgan fingerprint density at radius 1 is 1.19 bits per heavy atom. The number of hydrogen-bond donors (Lipinski definition) is 1. The van der Waals surface area contributed by atoms with E-state index in [1.165, 1.54) is 11.6 Å². The van der Waals surface area contributed by atoms with E-state index in [-0.39, 0.29) is 11.9 Å². The molecule has 4 heteroatoms. The largest absolute Gasteiger partial charge is 0.329 e. The zero-order valence-electron chi connectivity index (χ0n) is 12.3. The van der Waals surface area contributed by atoms with Gasteiger partial charge in [-0.25, -0.2) is 4.39 Å². The quantitative estimate of drug-likeness (QED) is 0.881. The monoisotopic (exact) mass is 350 g/mol. The molecule has 2 nitrogen and oxygen atoms in total. The molecule has 0 saturated heterocycles. The van der Waals surface area contributed by atoms with Crippen LogP contribution in [0.4, 0.5) is 4.39 Å². The molecular formula is C17H20BrFN2. The SMILES string of the molecule is Cc1ccc(F)cc1C(CN)N(C)Cc1ccc(Br)cc1. The molecule has 1 atom stereocenters. The van der Waals surface area contributed by atoms with Gasteiger partial charge in [0.25, 0.3) is 0 Å². The number of nitrogens with zero attached hydrogens (tertiary/aromatic N) is 1. The minimum atomic E-state index is -0.217. The van der Waals surface area contributed by atoms with Gasteiger partial charge in [0.1, 0.15) is 5.82 Å². The van der Waals surface area contributed by atoms with Crippen LogP contribution in [0, 0.1) is 12.7 Å². The third-order valence-corrected chi connectivity index (χ3v) is 4.23. The third-order valence-electron chi connectivity index (χ3n) is 3.70. The molecule has 0 aromatic heterocycles. The first-order chi connectivity index (χ1) is 10.0. The van der Waals surface area contributed by atoms with E-state index < -0.39 is 0 Å². The van der Waals surface area contributed by atoms with E-state index >= 15 is 0 Å². The van der Waals surface area contributed by atoms with E-state index in [0.717, 1.165) is 22.1 Å². The Balaban J connectivity index is 2.20. The molecule has 2 N–H and O–H groups in total. The highest BCUT2D eigenvalue weighted by molar-refractivity contribution is 9.10. The van der Waals surface area contributed by atoms with Crippen molar-refractivity contribution in [1.29, 1.82) is 0 Å². The van der Waals surface area contributed by atoms with Crippen LogP contribution in [0.2, 0.25) is 0 Å². The number of rotatable bonds is 5. The number of benzene rings is 2. The average Bonchev–Trinajstić information content (AvgIpc) is 2.46. The fourth-order valence-electron chi connectivity index (χ4n) is 2.50. The van der Waals surface area contributed by atoms with Crippen molar-refractivity contribution in [3.05, 3.63) is 69.4 Å². The molecule has 2 aromatic carbocycles. The topological polar surface area (TPSA) is 29.3 Å². The molecule has 0 heterocycles. The second kappa shape index (κ2) is 7.16. The summed E-state index contributed by atoms with van der Waals surface area (Å²) < 4.78 is 14.6. The minimum absolute atomic E-state index is 0.00402. The van der Waals surface area contributed by atoms with Crippen LogP contribution in [-0.4, -0.2) is 18.5 Å². The van der Waals surface area contributed by atoms with E-state index in [1.807, 2.05) is 26.1 Å². The first-order valence-corrected chi connectivity index (χ1v) is 7.71. The first kappa shape index (κ1) is 16.1. The molecule has 0 aliphatic rings. The van der Waals surface area contributed by atoms with Gasteiger partial charge in [-0.15, -0.1) is 0 Å². The molecule has 0 aliphatic carbocycles. The maximum Gasteiger partial charge on any atom is 0.123 e. The molecule has 112 valence electrons. The lowest BCUT2D eigenvalue weighted by molar-refractivity contribution is 0.240. The van der Waals surface area contributed by atoms with Crippen LogP contribution in [-0.2, 0) is 6.54 Å². The van der Waals surface area contributed by atoms with Crippen molar-refractivity contribution in [2.75, 3.05) is 13.6 Å². The van der Waals surface area contributed by atoms with E-state index in [4.69, 9.17) is 5.73 Å². The molecule has 0 amide bonds. The second-order valence-corrected chi connectivity index (χ2v) is 6.21. The van der Waals surface area contributed by atoms with Gasteiger partial charge < -0.3 is 5.73 Å². The van der Waals surface area contributed by atoms with Crippen molar-refractivity contribution in [3.8, 4) is 0 Å². The smallest absolute Gasteiger partial charge is 0.123 e. The van der Waals surface area contributed by atoms with Gasteiger partial charge in [0, 0.05) is 23.6 Å². The van der Waals surface area contributed by atoms with E-state index in [1.54, 1.807) is 12.1 Å². The van der Waals surface area contributed by atoms with Crippen molar-refractivity contribution in [3.63, 3.8) is 0 Å². The molecule has 0 spiro atoms. The predicted octanol–water partition coefficient (Wildman–Crippen LogP) is 4.03. The molecule has 0 bridgehead atoms. The normalized spacial score (nSPS) is 12.7. The predicted molar refractivity (Wildman–Crippen MR) is 88.5 cm³/mol. The van der Waals surface area contributed by atoms with Crippen LogP contribution >= 0.6 is 15.9 Å². The summed E-state index contributed by atoms with van der Waals surface area (Å²) in [5.74, 6) is -0.217. The Bertz CT molecular complexity index is 598. The highest BCUT2D eigenvalue weighted by Gasteiger charge is 2.18. The molecule has 0 aliphatic heterocycles. The summed E-state index contributed by atoms with van der Waals surface area (Å²) in [6.45, 7) is 3.22. The summed E-state index contributed by atoms with van der Waals surface area (Å²) in [7, 11) is 2.02. The van der Waals surface area contributed by atoms with E-state index in [2.05, 4.69) is 33.0 Å². The van der Waals surface area contributed by atoms with Gasteiger partial charge >= 0.3 is 0 Å². The van der Waals surface area contributed by atoms with E-state index in [0.29, 0.717) is 6.54 Å². The molecule has 2 rings (SSSR count). The highest BCUT2D eigenvalue weighted by Crippen LogP contribution is 2.24. The van der Waals surface area contributed by atoms with Crippen LogP contribution in [0.15, 0.2) is 46.9 Å². The molecule has 2 aromatic rings. The molecule has 21 heavy (non-hydrogen) atoms. The zero-order chi connectivity index (χ0) is 15.4. The van der Waals surface area contributed by atoms with Gasteiger partial charge in [-0.1, -0.05) is 34.1 Å². The van der Waals surface area contributed by atoms with Crippen molar-refractivity contribution in [2.24, 2.45) is 5.73 Å². The lowest BCUT2D eigenvalue weighted by atomic mass is 9.99. The van der Waals surface area contributed by atoms with Gasteiger partial charge in [-0.2, -0.15) is 0 Å². The maximum absolute atomic E-state index is 13.5.